The van der Waals surface area contributed by atoms with Crippen LogP contribution in [0.2, 0.25) is 0 Å². The number of hydrogen-bond acceptors (Lipinski definition) is 4. The van der Waals surface area contributed by atoms with Gasteiger partial charge in [-0.05, 0) is 36.6 Å². The van der Waals surface area contributed by atoms with E-state index in [0.29, 0.717) is 5.57 Å². The lowest BCUT2D eigenvalue weighted by Crippen LogP contribution is -2.31. The summed E-state index contributed by atoms with van der Waals surface area (Å²) in [6, 6.07) is 16.9. The van der Waals surface area contributed by atoms with Crippen molar-refractivity contribution in [3.63, 3.8) is 0 Å². The van der Waals surface area contributed by atoms with Crippen molar-refractivity contribution in [2.75, 3.05) is 14.1 Å². The average Bonchev–Trinajstić information content (AvgIpc) is 2.68. The third kappa shape index (κ3) is 5.94. The molecule has 7 heteroatoms. The number of rotatable bonds is 8. The molecule has 0 spiro atoms. The zero-order valence-corrected chi connectivity index (χ0v) is 17.1. The molecule has 2 atom stereocenters. The van der Waals surface area contributed by atoms with Gasteiger partial charge in [0, 0.05) is 14.1 Å². The third-order valence-corrected chi connectivity index (χ3v) is 5.72. The van der Waals surface area contributed by atoms with Gasteiger partial charge in [-0.15, -0.1) is 0 Å². The van der Waals surface area contributed by atoms with E-state index in [1.807, 2.05) is 30.3 Å². The SMILES string of the molecule is C=C(C[C@H](NS(=O)(=O)c1ccccc1)c1ccccc1)[C@H](C)OC(=O)N(C)C. The molecule has 2 rings (SSSR count). The van der Waals surface area contributed by atoms with E-state index in [1.165, 1.54) is 4.90 Å². The Morgan fingerprint density at radius 1 is 1.07 bits per heavy atom. The maximum Gasteiger partial charge on any atom is 0.409 e. The Morgan fingerprint density at radius 3 is 2.14 bits per heavy atom. The lowest BCUT2D eigenvalue weighted by atomic mass is 9.98. The topological polar surface area (TPSA) is 75.7 Å². The van der Waals surface area contributed by atoms with Crippen molar-refractivity contribution >= 4 is 16.1 Å². The first-order chi connectivity index (χ1) is 13.2. The number of nitrogens with one attached hydrogen (secondary N) is 1. The monoisotopic (exact) mass is 402 g/mol. The van der Waals surface area contributed by atoms with Crippen LogP contribution in [0.3, 0.4) is 0 Å². The maximum atomic E-state index is 12.8. The van der Waals surface area contributed by atoms with Crippen molar-refractivity contribution in [3.8, 4) is 0 Å². The minimum Gasteiger partial charge on any atom is -0.442 e. The molecule has 0 saturated carbocycles. The van der Waals surface area contributed by atoms with Crippen molar-refractivity contribution in [3.05, 3.63) is 78.4 Å². The van der Waals surface area contributed by atoms with Crippen molar-refractivity contribution in [1.29, 1.82) is 0 Å². The summed E-state index contributed by atoms with van der Waals surface area (Å²) in [5.74, 6) is 0. The number of sulfonamides is 1. The van der Waals surface area contributed by atoms with Crippen molar-refractivity contribution in [2.45, 2.75) is 30.4 Å². The summed E-state index contributed by atoms with van der Waals surface area (Å²) in [5.41, 5.74) is 1.41. The minimum absolute atomic E-state index is 0.189. The summed E-state index contributed by atoms with van der Waals surface area (Å²) in [4.78, 5) is 13.3. The smallest absolute Gasteiger partial charge is 0.409 e. The number of ether oxygens (including phenoxy) is 1. The molecule has 0 bridgehead atoms. The number of hydrogen-bond donors (Lipinski definition) is 1. The average molecular weight is 403 g/mol. The second-order valence-electron chi connectivity index (χ2n) is 6.68. The highest BCUT2D eigenvalue weighted by Crippen LogP contribution is 2.25. The van der Waals surface area contributed by atoms with Gasteiger partial charge in [-0.2, -0.15) is 0 Å². The minimum atomic E-state index is -3.72. The second kappa shape index (κ2) is 9.52. The fourth-order valence-electron chi connectivity index (χ4n) is 2.54. The standard InChI is InChI=1S/C21H26N2O4S/c1-16(17(2)27-21(24)23(3)4)15-20(18-11-7-5-8-12-18)22-28(25,26)19-13-9-6-10-14-19/h5-14,17,20,22H,1,15H2,2-4H3/t17-,20-/m0/s1. The van der Waals surface area contributed by atoms with Crippen LogP contribution in [-0.2, 0) is 14.8 Å². The molecule has 0 aliphatic carbocycles. The van der Waals surface area contributed by atoms with E-state index in [0.717, 1.165) is 5.56 Å². The van der Waals surface area contributed by atoms with Crippen LogP contribution < -0.4 is 4.72 Å². The van der Waals surface area contributed by atoms with E-state index in [4.69, 9.17) is 4.74 Å². The molecule has 28 heavy (non-hydrogen) atoms. The van der Waals surface area contributed by atoms with Gasteiger partial charge in [0.25, 0.3) is 0 Å². The van der Waals surface area contributed by atoms with E-state index < -0.39 is 28.3 Å². The molecular formula is C21H26N2O4S. The molecule has 1 N–H and O–H groups in total. The predicted molar refractivity (Wildman–Crippen MR) is 109 cm³/mol. The molecule has 2 aromatic carbocycles. The van der Waals surface area contributed by atoms with Crippen LogP contribution in [0.25, 0.3) is 0 Å². The van der Waals surface area contributed by atoms with Gasteiger partial charge in [0.1, 0.15) is 6.10 Å². The Labute approximate surface area is 166 Å². The first-order valence-corrected chi connectivity index (χ1v) is 10.4. The van der Waals surface area contributed by atoms with Crippen LogP contribution in [0.5, 0.6) is 0 Å². The first kappa shape index (κ1) is 21.7. The Kier molecular flexibility index (Phi) is 7.37. The predicted octanol–water partition coefficient (Wildman–Crippen LogP) is 3.74. The molecular weight excluding hydrogens is 376 g/mol. The van der Waals surface area contributed by atoms with E-state index in [2.05, 4.69) is 11.3 Å². The highest BCUT2D eigenvalue weighted by atomic mass is 32.2. The summed E-state index contributed by atoms with van der Waals surface area (Å²) in [7, 11) is -0.531. The molecule has 0 fully saturated rings. The van der Waals surface area contributed by atoms with Crippen LogP contribution in [0.1, 0.15) is 24.9 Å². The van der Waals surface area contributed by atoms with E-state index in [1.54, 1.807) is 51.4 Å². The fourth-order valence-corrected chi connectivity index (χ4v) is 3.78. The van der Waals surface area contributed by atoms with Gasteiger partial charge < -0.3 is 9.64 Å². The van der Waals surface area contributed by atoms with E-state index in [9.17, 15) is 13.2 Å². The third-order valence-electron chi connectivity index (χ3n) is 4.24. The Hall–Kier alpha value is -2.64. The zero-order valence-electron chi connectivity index (χ0n) is 16.3. The van der Waals surface area contributed by atoms with E-state index >= 15 is 0 Å². The molecule has 0 aromatic heterocycles. The van der Waals surface area contributed by atoms with Crippen molar-refractivity contribution in [2.24, 2.45) is 0 Å². The van der Waals surface area contributed by atoms with Gasteiger partial charge in [0.15, 0.2) is 0 Å². The lowest BCUT2D eigenvalue weighted by molar-refractivity contribution is 0.0948. The Bertz CT molecular complexity index is 897. The largest absolute Gasteiger partial charge is 0.442 e. The molecule has 0 unspecified atom stereocenters. The molecule has 6 nitrogen and oxygen atoms in total. The fraction of sp³-hybridized carbons (Fsp3) is 0.286. The summed E-state index contributed by atoms with van der Waals surface area (Å²) in [5, 5.41) is 0. The maximum absolute atomic E-state index is 12.8. The van der Waals surface area contributed by atoms with Gasteiger partial charge in [-0.3, -0.25) is 0 Å². The Balaban J connectivity index is 2.21. The molecule has 0 aliphatic heterocycles. The summed E-state index contributed by atoms with van der Waals surface area (Å²) < 4.78 is 33.7. The first-order valence-electron chi connectivity index (χ1n) is 8.88. The van der Waals surface area contributed by atoms with Crippen LogP contribution >= 0.6 is 0 Å². The van der Waals surface area contributed by atoms with Crippen LogP contribution in [0.4, 0.5) is 4.79 Å². The van der Waals surface area contributed by atoms with Gasteiger partial charge in [0.05, 0.1) is 10.9 Å². The van der Waals surface area contributed by atoms with E-state index in [-0.39, 0.29) is 11.3 Å². The zero-order chi connectivity index (χ0) is 20.7. The number of carbonyl (C=O) groups is 1. The molecule has 0 heterocycles. The molecule has 2 aromatic rings. The van der Waals surface area contributed by atoms with Gasteiger partial charge in [0.2, 0.25) is 10.0 Å². The Morgan fingerprint density at radius 2 is 1.61 bits per heavy atom. The molecule has 0 radical (unpaired) electrons. The molecule has 0 saturated heterocycles. The quantitative estimate of drug-likeness (QED) is 0.683. The highest BCUT2D eigenvalue weighted by molar-refractivity contribution is 7.89. The van der Waals surface area contributed by atoms with Gasteiger partial charge in [-0.1, -0.05) is 55.1 Å². The van der Waals surface area contributed by atoms with Crippen LogP contribution in [0, 0.1) is 0 Å². The number of carbonyl (C=O) groups excluding carboxylic acids is 1. The number of nitrogens with zero attached hydrogens (tertiary/aromatic N) is 1. The van der Waals surface area contributed by atoms with Crippen LogP contribution in [-0.4, -0.2) is 39.6 Å². The van der Waals surface area contributed by atoms with Gasteiger partial charge in [-0.25, -0.2) is 17.9 Å². The summed E-state index contributed by atoms with van der Waals surface area (Å²) in [6.07, 6.45) is -0.741. The molecule has 150 valence electrons. The molecule has 0 aliphatic rings. The van der Waals surface area contributed by atoms with Crippen molar-refractivity contribution in [1.82, 2.24) is 9.62 Å². The molecule has 1 amide bonds. The van der Waals surface area contributed by atoms with Gasteiger partial charge >= 0.3 is 6.09 Å². The lowest BCUT2D eigenvalue weighted by Gasteiger charge is -2.24. The normalized spacial score (nSPS) is 13.4. The second-order valence-corrected chi connectivity index (χ2v) is 8.39. The van der Waals surface area contributed by atoms with Crippen molar-refractivity contribution < 1.29 is 17.9 Å². The number of benzene rings is 2. The highest BCUT2D eigenvalue weighted by Gasteiger charge is 2.24. The number of amides is 1. The van der Waals surface area contributed by atoms with Crippen LogP contribution in [0.15, 0.2) is 77.7 Å². The summed E-state index contributed by atoms with van der Waals surface area (Å²) >= 11 is 0. The summed E-state index contributed by atoms with van der Waals surface area (Å²) in [6.45, 7) is 5.72.